The van der Waals surface area contributed by atoms with E-state index in [2.05, 4.69) is 77.7 Å². The summed E-state index contributed by atoms with van der Waals surface area (Å²) >= 11 is 0. The molecule has 1 amide bonds. The molecule has 0 atom stereocenters. The van der Waals surface area contributed by atoms with Gasteiger partial charge in [0.25, 0.3) is 0 Å². The zero-order valence-corrected chi connectivity index (χ0v) is 23.3. The molecule has 0 aromatic heterocycles. The van der Waals surface area contributed by atoms with E-state index in [1.807, 2.05) is 36.4 Å². The van der Waals surface area contributed by atoms with Crippen molar-refractivity contribution in [3.05, 3.63) is 131 Å². The van der Waals surface area contributed by atoms with Crippen LogP contribution in [0.25, 0.3) is 11.1 Å². The van der Waals surface area contributed by atoms with Gasteiger partial charge in [0.15, 0.2) is 0 Å². The van der Waals surface area contributed by atoms with Gasteiger partial charge in [0.1, 0.15) is 6.61 Å². The number of nitrogens with zero attached hydrogens (tertiary/aromatic N) is 1. The van der Waals surface area contributed by atoms with Crippen LogP contribution in [0.4, 0.5) is 4.79 Å². The Morgan fingerprint density at radius 2 is 1.17 bits per heavy atom. The fourth-order valence-electron chi connectivity index (χ4n) is 5.29. The Morgan fingerprint density at radius 1 is 0.683 bits per heavy atom. The van der Waals surface area contributed by atoms with Crippen molar-refractivity contribution >= 4 is 12.1 Å². The summed E-state index contributed by atoms with van der Waals surface area (Å²) in [7, 11) is 0. The number of amides is 1. The highest BCUT2D eigenvalue weighted by Crippen LogP contribution is 2.44. The van der Waals surface area contributed by atoms with Gasteiger partial charge in [0.05, 0.1) is 0 Å². The lowest BCUT2D eigenvalue weighted by Crippen LogP contribution is -2.24. The highest BCUT2D eigenvalue weighted by molar-refractivity contribution is 5.79. The summed E-state index contributed by atoms with van der Waals surface area (Å²) in [6, 6.07) is 37.4. The molecule has 4 aromatic rings. The van der Waals surface area contributed by atoms with E-state index in [1.165, 1.54) is 33.4 Å². The van der Waals surface area contributed by atoms with E-state index in [0.717, 1.165) is 38.9 Å². The number of benzene rings is 4. The number of unbranched alkanes of at least 4 members (excludes halogenated alkanes) is 2. The molecule has 1 aliphatic rings. The third-order valence-electron chi connectivity index (χ3n) is 7.22. The van der Waals surface area contributed by atoms with Crippen LogP contribution in [0, 0.1) is 0 Å². The molecule has 0 unspecified atom stereocenters. The molecule has 6 nitrogen and oxygen atoms in total. The molecular formula is C35H38N2O4. The lowest BCUT2D eigenvalue weighted by Gasteiger charge is -2.22. The molecule has 0 saturated heterocycles. The van der Waals surface area contributed by atoms with Crippen molar-refractivity contribution in [2.24, 2.45) is 5.73 Å². The molecule has 0 heterocycles. The second-order valence-corrected chi connectivity index (χ2v) is 10.2. The fraction of sp³-hybridized carbons (Fsp3) is 0.257. The summed E-state index contributed by atoms with van der Waals surface area (Å²) in [5.74, 6) is -0.611. The van der Waals surface area contributed by atoms with Gasteiger partial charge in [-0.15, -0.1) is 0 Å². The molecule has 4 aromatic carbocycles. The number of rotatable bonds is 12. The van der Waals surface area contributed by atoms with Gasteiger partial charge >= 0.3 is 12.1 Å². The summed E-state index contributed by atoms with van der Waals surface area (Å²) in [5, 5.41) is 8.70. The number of carbonyl (C=O) groups is 2. The first-order valence-corrected chi connectivity index (χ1v) is 14.1. The number of primary amides is 1. The van der Waals surface area contributed by atoms with Gasteiger partial charge in [-0.05, 0) is 52.8 Å². The maximum Gasteiger partial charge on any atom is 0.404 e. The predicted molar refractivity (Wildman–Crippen MR) is 162 cm³/mol. The SMILES string of the molecule is NC(=O)OCC1c2ccccc2-c2ccccc21.O=C(O)CCCCCN(Cc1ccccc1)Cc1ccccc1. The second kappa shape index (κ2) is 15.4. The highest BCUT2D eigenvalue weighted by Gasteiger charge is 2.28. The maximum absolute atomic E-state index is 10.8. The topological polar surface area (TPSA) is 92.9 Å². The first-order chi connectivity index (χ1) is 20.0. The molecule has 3 N–H and O–H groups in total. The van der Waals surface area contributed by atoms with Gasteiger partial charge in [-0.25, -0.2) is 4.79 Å². The van der Waals surface area contributed by atoms with Gasteiger partial charge < -0.3 is 15.6 Å². The molecule has 212 valence electrons. The van der Waals surface area contributed by atoms with Gasteiger partial charge in [-0.1, -0.05) is 116 Å². The Labute approximate surface area is 242 Å². The minimum absolute atomic E-state index is 0.0879. The maximum atomic E-state index is 10.8. The minimum Gasteiger partial charge on any atom is -0.481 e. The first-order valence-electron chi connectivity index (χ1n) is 14.1. The molecule has 0 fully saturated rings. The minimum atomic E-state index is -0.725. The number of nitrogens with two attached hydrogens (primary N) is 1. The second-order valence-electron chi connectivity index (χ2n) is 10.2. The fourth-order valence-corrected chi connectivity index (χ4v) is 5.29. The largest absolute Gasteiger partial charge is 0.481 e. The van der Waals surface area contributed by atoms with E-state index in [9.17, 15) is 9.59 Å². The number of hydrogen-bond donors (Lipinski definition) is 2. The number of aliphatic carboxylic acids is 1. The van der Waals surface area contributed by atoms with E-state index in [4.69, 9.17) is 15.6 Å². The van der Waals surface area contributed by atoms with E-state index in [-0.39, 0.29) is 12.3 Å². The van der Waals surface area contributed by atoms with E-state index in [1.54, 1.807) is 0 Å². The van der Waals surface area contributed by atoms with Crippen LogP contribution < -0.4 is 5.73 Å². The Morgan fingerprint density at radius 3 is 1.66 bits per heavy atom. The van der Waals surface area contributed by atoms with Crippen molar-refractivity contribution in [2.45, 2.75) is 44.7 Å². The summed E-state index contributed by atoms with van der Waals surface area (Å²) in [4.78, 5) is 23.8. The summed E-state index contributed by atoms with van der Waals surface area (Å²) < 4.78 is 4.98. The molecule has 5 rings (SSSR count). The van der Waals surface area contributed by atoms with Crippen LogP contribution >= 0.6 is 0 Å². The quantitative estimate of drug-likeness (QED) is 0.182. The smallest absolute Gasteiger partial charge is 0.404 e. The molecule has 0 spiro atoms. The highest BCUT2D eigenvalue weighted by atomic mass is 16.5. The van der Waals surface area contributed by atoms with E-state index >= 15 is 0 Å². The van der Waals surface area contributed by atoms with Crippen LogP contribution in [0.5, 0.6) is 0 Å². The van der Waals surface area contributed by atoms with Crippen molar-refractivity contribution in [1.29, 1.82) is 0 Å². The Hall–Kier alpha value is -4.42. The van der Waals surface area contributed by atoms with Crippen molar-refractivity contribution < 1.29 is 19.4 Å². The van der Waals surface area contributed by atoms with Crippen LogP contribution in [0.1, 0.15) is 53.9 Å². The molecule has 0 bridgehead atoms. The van der Waals surface area contributed by atoms with Crippen molar-refractivity contribution in [2.75, 3.05) is 13.2 Å². The predicted octanol–water partition coefficient (Wildman–Crippen LogP) is 7.23. The molecule has 0 radical (unpaired) electrons. The zero-order valence-electron chi connectivity index (χ0n) is 23.3. The number of fused-ring (bicyclic) bond motifs is 3. The summed E-state index contributed by atoms with van der Waals surface area (Å²) in [5.41, 5.74) is 12.5. The van der Waals surface area contributed by atoms with Gasteiger partial charge in [0.2, 0.25) is 0 Å². The average molecular weight is 551 g/mol. The molecule has 6 heteroatoms. The van der Waals surface area contributed by atoms with Gasteiger partial charge in [-0.3, -0.25) is 9.69 Å². The molecule has 0 aliphatic heterocycles. The average Bonchev–Trinajstić information content (AvgIpc) is 3.31. The Bertz CT molecular complexity index is 1300. The third-order valence-corrected chi connectivity index (χ3v) is 7.22. The number of carbonyl (C=O) groups excluding carboxylic acids is 1. The lowest BCUT2D eigenvalue weighted by atomic mass is 9.98. The zero-order chi connectivity index (χ0) is 28.9. The molecule has 0 saturated carbocycles. The Kier molecular flexibility index (Phi) is 11.1. The van der Waals surface area contributed by atoms with Crippen LogP contribution in [-0.4, -0.2) is 35.2 Å². The summed E-state index contributed by atoms with van der Waals surface area (Å²) in [6.45, 7) is 3.14. The molecule has 41 heavy (non-hydrogen) atoms. The first kappa shape index (κ1) is 29.6. The third kappa shape index (κ3) is 9.05. The van der Waals surface area contributed by atoms with Gasteiger partial charge in [-0.2, -0.15) is 0 Å². The number of hydrogen-bond acceptors (Lipinski definition) is 4. The van der Waals surface area contributed by atoms with Crippen molar-refractivity contribution in [3.8, 4) is 11.1 Å². The van der Waals surface area contributed by atoms with Crippen LogP contribution in [0.3, 0.4) is 0 Å². The van der Waals surface area contributed by atoms with Crippen molar-refractivity contribution in [1.82, 2.24) is 4.90 Å². The monoisotopic (exact) mass is 550 g/mol. The van der Waals surface area contributed by atoms with Crippen molar-refractivity contribution in [3.63, 3.8) is 0 Å². The van der Waals surface area contributed by atoms with Crippen LogP contribution in [0.2, 0.25) is 0 Å². The number of carboxylic acid groups (broad SMARTS) is 1. The Balaban J connectivity index is 0.000000194. The lowest BCUT2D eigenvalue weighted by molar-refractivity contribution is -0.137. The van der Waals surface area contributed by atoms with E-state index in [0.29, 0.717) is 6.61 Å². The standard InChI is InChI=1S/C20H25NO2.C15H13NO2/c22-20(23)14-8-3-9-15-21(16-18-10-4-1-5-11-18)17-19-12-6-2-7-13-19;16-15(17)18-9-14-12-7-3-1-5-10(12)11-6-2-4-8-13(11)14/h1-2,4-7,10-13H,3,8-9,14-17H2,(H,22,23);1-8,14H,9H2,(H2,16,17). The van der Waals surface area contributed by atoms with E-state index < -0.39 is 12.1 Å². The molecular weight excluding hydrogens is 512 g/mol. The van der Waals surface area contributed by atoms with Crippen LogP contribution in [0.15, 0.2) is 109 Å². The number of ether oxygens (including phenoxy) is 1. The summed E-state index contributed by atoms with van der Waals surface area (Å²) in [6.07, 6.45) is 2.31. The van der Waals surface area contributed by atoms with Crippen LogP contribution in [-0.2, 0) is 22.6 Å². The molecule has 1 aliphatic carbocycles. The number of carboxylic acids is 1. The van der Waals surface area contributed by atoms with Gasteiger partial charge in [0, 0.05) is 25.4 Å². The normalized spacial score (nSPS) is 11.7.